The number of likely N-dealkylation sites (N-methyl/N-ethyl adjacent to an activating group) is 1. The zero-order valence-electron chi connectivity index (χ0n) is 16.4. The normalized spacial score (nSPS) is 22.3. The van der Waals surface area contributed by atoms with Crippen LogP contribution in [-0.4, -0.2) is 55.1 Å². The monoisotopic (exact) mass is 411 g/mol. The lowest BCUT2D eigenvalue weighted by Gasteiger charge is -2.26. The molecule has 0 saturated carbocycles. The summed E-state index contributed by atoms with van der Waals surface area (Å²) in [5.74, 6) is -0.854. The van der Waals surface area contributed by atoms with Crippen molar-refractivity contribution >= 4 is 17.6 Å². The Balaban J connectivity index is 1.59. The molecule has 0 bridgehead atoms. The quantitative estimate of drug-likeness (QED) is 0.556. The maximum atomic E-state index is 12.8. The number of esters is 1. The topological polar surface area (TPSA) is 70.7 Å². The Morgan fingerprint density at radius 2 is 2.07 bits per heavy atom. The Morgan fingerprint density at radius 3 is 2.72 bits per heavy atom. The molecule has 1 fully saturated rings. The fraction of sp³-hybridized carbons (Fsp3) is 0.500. The molecule has 2 heterocycles. The molecule has 6 nitrogen and oxygen atoms in total. The van der Waals surface area contributed by atoms with Crippen LogP contribution in [0.25, 0.3) is 0 Å². The number of hydrogen-bond donors (Lipinski definition) is 2. The van der Waals surface area contributed by atoms with Gasteiger partial charge in [-0.25, -0.2) is 4.79 Å². The third kappa shape index (κ3) is 4.39. The Morgan fingerprint density at radius 1 is 1.31 bits per heavy atom. The third-order valence-electron chi connectivity index (χ3n) is 5.34. The summed E-state index contributed by atoms with van der Waals surface area (Å²) in [6.45, 7) is 6.04. The minimum atomic E-state index is -4.41. The fourth-order valence-electron chi connectivity index (χ4n) is 3.82. The van der Waals surface area contributed by atoms with Crippen molar-refractivity contribution in [1.82, 2.24) is 10.2 Å². The fourth-order valence-corrected chi connectivity index (χ4v) is 3.82. The second-order valence-corrected chi connectivity index (χ2v) is 7.26. The highest BCUT2D eigenvalue weighted by Gasteiger charge is 2.52. The van der Waals surface area contributed by atoms with Gasteiger partial charge in [-0.1, -0.05) is 13.0 Å². The molecule has 0 aliphatic carbocycles. The molecule has 1 aromatic carbocycles. The van der Waals surface area contributed by atoms with Gasteiger partial charge in [0, 0.05) is 43.9 Å². The van der Waals surface area contributed by atoms with Crippen molar-refractivity contribution in [1.29, 1.82) is 0 Å². The number of nitrogens with zero attached hydrogens (tertiary/aromatic N) is 1. The van der Waals surface area contributed by atoms with Crippen molar-refractivity contribution in [2.45, 2.75) is 32.0 Å². The lowest BCUT2D eigenvalue weighted by atomic mass is 9.90. The molecule has 158 valence electrons. The average molecular weight is 411 g/mol. The highest BCUT2D eigenvalue weighted by Crippen LogP contribution is 2.40. The number of nitrogens with one attached hydrogen (secondary N) is 2. The maximum Gasteiger partial charge on any atom is 0.416 e. The molecule has 1 aromatic rings. The van der Waals surface area contributed by atoms with Crippen molar-refractivity contribution in [3.63, 3.8) is 0 Å². The van der Waals surface area contributed by atoms with Gasteiger partial charge in [0.25, 0.3) is 5.91 Å². The second-order valence-electron chi connectivity index (χ2n) is 7.26. The van der Waals surface area contributed by atoms with Crippen molar-refractivity contribution in [3.05, 3.63) is 41.0 Å². The summed E-state index contributed by atoms with van der Waals surface area (Å²) in [6, 6.07) is 4.87. The van der Waals surface area contributed by atoms with Gasteiger partial charge in [0.15, 0.2) is 5.60 Å². The smallest absolute Gasteiger partial charge is 0.416 e. The maximum absolute atomic E-state index is 12.8. The number of carbonyl (C=O) groups excluding carboxylic acids is 2. The van der Waals surface area contributed by atoms with Crippen LogP contribution in [0.5, 0.6) is 0 Å². The number of rotatable bonds is 6. The molecule has 1 spiro atoms. The van der Waals surface area contributed by atoms with Crippen molar-refractivity contribution in [3.8, 4) is 0 Å². The molecular formula is C20H24F3N3O3. The van der Waals surface area contributed by atoms with Gasteiger partial charge in [0.05, 0.1) is 11.1 Å². The van der Waals surface area contributed by atoms with E-state index in [1.165, 1.54) is 12.1 Å². The van der Waals surface area contributed by atoms with Crippen LogP contribution in [0, 0.1) is 0 Å². The molecule has 3 rings (SSSR count). The van der Waals surface area contributed by atoms with E-state index >= 15 is 0 Å². The SMILES string of the molecule is CCN1CCC2(C1)OC(=O)C(C)=C2C(=O)NCCNc1cccc(C(F)(F)F)c1. The van der Waals surface area contributed by atoms with E-state index in [1.807, 2.05) is 6.92 Å². The van der Waals surface area contributed by atoms with Crippen molar-refractivity contribution < 1.29 is 27.5 Å². The molecule has 1 saturated heterocycles. The number of carbonyl (C=O) groups is 2. The molecule has 2 aliphatic rings. The van der Waals surface area contributed by atoms with Crippen LogP contribution >= 0.6 is 0 Å². The van der Waals surface area contributed by atoms with Gasteiger partial charge in [-0.15, -0.1) is 0 Å². The standard InChI is InChI=1S/C20H24F3N3O3/c1-3-26-10-7-19(12-26)16(13(2)18(28)29-19)17(27)25-9-8-24-15-6-4-5-14(11-15)20(21,22)23/h4-6,11,24H,3,7-10,12H2,1-2H3,(H,25,27). The van der Waals surface area contributed by atoms with Gasteiger partial charge in [-0.3, -0.25) is 9.69 Å². The molecule has 1 atom stereocenters. The number of alkyl halides is 3. The minimum Gasteiger partial charge on any atom is -0.449 e. The average Bonchev–Trinajstić information content (AvgIpc) is 3.18. The summed E-state index contributed by atoms with van der Waals surface area (Å²) in [5.41, 5.74) is -0.661. The summed E-state index contributed by atoms with van der Waals surface area (Å²) in [6.07, 6.45) is -3.85. The molecule has 0 aromatic heterocycles. The lowest BCUT2D eigenvalue weighted by Crippen LogP contribution is -2.42. The van der Waals surface area contributed by atoms with E-state index in [2.05, 4.69) is 15.5 Å². The molecule has 1 unspecified atom stereocenters. The number of hydrogen-bond acceptors (Lipinski definition) is 5. The summed E-state index contributed by atoms with van der Waals surface area (Å²) in [5, 5.41) is 5.61. The summed E-state index contributed by atoms with van der Waals surface area (Å²) in [7, 11) is 0. The largest absolute Gasteiger partial charge is 0.449 e. The Labute approximate surface area is 167 Å². The molecule has 1 amide bonds. The number of benzene rings is 1. The highest BCUT2D eigenvalue weighted by atomic mass is 19.4. The van der Waals surface area contributed by atoms with Gasteiger partial charge in [0.2, 0.25) is 0 Å². The first-order chi connectivity index (χ1) is 13.7. The van der Waals surface area contributed by atoms with Crippen LogP contribution in [0.15, 0.2) is 35.4 Å². The summed E-state index contributed by atoms with van der Waals surface area (Å²) >= 11 is 0. The Hall–Kier alpha value is -2.55. The second kappa shape index (κ2) is 8.06. The highest BCUT2D eigenvalue weighted by molar-refractivity contribution is 6.07. The predicted molar refractivity (Wildman–Crippen MR) is 101 cm³/mol. The van der Waals surface area contributed by atoms with Gasteiger partial charge >= 0.3 is 12.1 Å². The molecule has 2 aliphatic heterocycles. The van der Waals surface area contributed by atoms with Gasteiger partial charge in [0.1, 0.15) is 0 Å². The van der Waals surface area contributed by atoms with E-state index in [0.717, 1.165) is 25.2 Å². The number of anilines is 1. The van der Waals surface area contributed by atoms with E-state index in [4.69, 9.17) is 4.74 Å². The van der Waals surface area contributed by atoms with Gasteiger partial charge in [-0.2, -0.15) is 13.2 Å². The summed E-state index contributed by atoms with van der Waals surface area (Å²) in [4.78, 5) is 27.0. The van der Waals surface area contributed by atoms with Crippen LogP contribution < -0.4 is 10.6 Å². The third-order valence-corrected chi connectivity index (χ3v) is 5.34. The number of ether oxygens (including phenoxy) is 1. The van der Waals surface area contributed by atoms with Crippen molar-refractivity contribution in [2.75, 3.05) is 38.0 Å². The van der Waals surface area contributed by atoms with E-state index in [9.17, 15) is 22.8 Å². The molecule has 9 heteroatoms. The molecule has 29 heavy (non-hydrogen) atoms. The predicted octanol–water partition coefficient (Wildman–Crippen LogP) is 2.57. The Kier molecular flexibility index (Phi) is 5.88. The minimum absolute atomic E-state index is 0.188. The lowest BCUT2D eigenvalue weighted by molar-refractivity contribution is -0.146. The number of halogens is 3. The van der Waals surface area contributed by atoms with Crippen LogP contribution in [0.1, 0.15) is 25.8 Å². The van der Waals surface area contributed by atoms with E-state index < -0.39 is 23.3 Å². The van der Waals surface area contributed by atoms with Crippen LogP contribution in [0.2, 0.25) is 0 Å². The van der Waals surface area contributed by atoms with E-state index in [-0.39, 0.29) is 19.0 Å². The summed E-state index contributed by atoms with van der Waals surface area (Å²) < 4.78 is 43.9. The zero-order chi connectivity index (χ0) is 21.2. The molecule has 0 radical (unpaired) electrons. The first kappa shape index (κ1) is 21.2. The zero-order valence-corrected chi connectivity index (χ0v) is 16.4. The van der Waals surface area contributed by atoms with E-state index in [1.54, 1.807) is 6.92 Å². The van der Waals surface area contributed by atoms with Crippen molar-refractivity contribution in [2.24, 2.45) is 0 Å². The molecule has 2 N–H and O–H groups in total. The van der Waals surface area contributed by atoms with Crippen LogP contribution in [0.4, 0.5) is 18.9 Å². The number of amides is 1. The van der Waals surface area contributed by atoms with Gasteiger partial charge in [-0.05, 0) is 31.7 Å². The molecular weight excluding hydrogens is 387 g/mol. The van der Waals surface area contributed by atoms with Crippen LogP contribution in [-0.2, 0) is 20.5 Å². The van der Waals surface area contributed by atoms with Gasteiger partial charge < -0.3 is 15.4 Å². The first-order valence-corrected chi connectivity index (χ1v) is 9.52. The van der Waals surface area contributed by atoms with E-state index in [0.29, 0.717) is 29.8 Å². The van der Waals surface area contributed by atoms with Crippen LogP contribution in [0.3, 0.4) is 0 Å². The Bertz CT molecular complexity index is 838. The first-order valence-electron chi connectivity index (χ1n) is 9.52. The number of likely N-dealkylation sites (tertiary alicyclic amines) is 1.